The van der Waals surface area contributed by atoms with Gasteiger partial charge in [0.2, 0.25) is 5.91 Å². The third kappa shape index (κ3) is 5.07. The number of amides is 1. The maximum Gasteiger partial charge on any atom is 0.244 e. The second-order valence-electron chi connectivity index (χ2n) is 4.76. The highest BCUT2D eigenvalue weighted by molar-refractivity contribution is 9.10. The summed E-state index contributed by atoms with van der Waals surface area (Å²) in [6, 6.07) is 5.82. The Bertz CT molecular complexity index is 469. The van der Waals surface area contributed by atoms with Gasteiger partial charge in [-0.3, -0.25) is 4.79 Å². The van der Waals surface area contributed by atoms with E-state index >= 15 is 0 Å². The van der Waals surface area contributed by atoms with E-state index in [9.17, 15) is 4.79 Å². The van der Waals surface area contributed by atoms with Gasteiger partial charge in [0.15, 0.2) is 0 Å². The Morgan fingerprint density at radius 2 is 2.05 bits per heavy atom. The Labute approximate surface area is 123 Å². The average Bonchev–Trinajstić information content (AvgIpc) is 2.36. The molecule has 1 unspecified atom stereocenters. The van der Waals surface area contributed by atoms with Crippen LogP contribution in [0.2, 0.25) is 0 Å². The number of carbonyl (C=O) groups is 1. The molecule has 1 N–H and O–H groups in total. The van der Waals surface area contributed by atoms with Crippen molar-refractivity contribution >= 4 is 27.9 Å². The molecule has 0 heterocycles. The lowest BCUT2D eigenvalue weighted by Gasteiger charge is -2.15. The van der Waals surface area contributed by atoms with Crippen LogP contribution in [-0.2, 0) is 4.79 Å². The molecular formula is C15H20BrNO2. The van der Waals surface area contributed by atoms with Crippen molar-refractivity contribution in [1.29, 1.82) is 0 Å². The van der Waals surface area contributed by atoms with Crippen molar-refractivity contribution in [1.82, 2.24) is 5.32 Å². The van der Waals surface area contributed by atoms with Crippen LogP contribution in [0.5, 0.6) is 5.75 Å². The Hall–Kier alpha value is -1.29. The zero-order chi connectivity index (χ0) is 14.4. The Morgan fingerprint density at radius 3 is 2.63 bits per heavy atom. The van der Waals surface area contributed by atoms with Crippen molar-refractivity contribution in [3.63, 3.8) is 0 Å². The molecule has 1 atom stereocenters. The smallest absolute Gasteiger partial charge is 0.244 e. The summed E-state index contributed by atoms with van der Waals surface area (Å²) in [7, 11) is 1.61. The van der Waals surface area contributed by atoms with Gasteiger partial charge in [-0.1, -0.05) is 29.8 Å². The number of nitrogens with one attached hydrogen (secondary N) is 1. The van der Waals surface area contributed by atoms with Crippen LogP contribution in [0, 0.1) is 5.92 Å². The van der Waals surface area contributed by atoms with Gasteiger partial charge in [0.05, 0.1) is 7.11 Å². The molecule has 3 nitrogen and oxygen atoms in total. The summed E-state index contributed by atoms with van der Waals surface area (Å²) in [5.41, 5.74) is 0.865. The molecule has 0 saturated carbocycles. The third-order valence-electron chi connectivity index (χ3n) is 2.98. The van der Waals surface area contributed by atoms with Gasteiger partial charge in [-0.25, -0.2) is 0 Å². The standard InChI is InChI=1S/C15H20BrNO2/c1-10(2)11(3)17-15(18)8-5-12-9-13(16)6-7-14(12)19-4/h5-11H,1-4H3,(H,17,18)/b8-5+. The Kier molecular flexibility index (Phi) is 6.09. The summed E-state index contributed by atoms with van der Waals surface area (Å²) in [5, 5.41) is 2.92. The van der Waals surface area contributed by atoms with E-state index in [1.54, 1.807) is 13.2 Å². The van der Waals surface area contributed by atoms with Gasteiger partial charge in [0.25, 0.3) is 0 Å². The lowest BCUT2D eigenvalue weighted by molar-refractivity contribution is -0.117. The van der Waals surface area contributed by atoms with E-state index in [1.165, 1.54) is 6.08 Å². The maximum absolute atomic E-state index is 11.8. The molecule has 1 amide bonds. The Balaban J connectivity index is 2.76. The van der Waals surface area contributed by atoms with Gasteiger partial charge in [-0.2, -0.15) is 0 Å². The first-order valence-corrected chi connectivity index (χ1v) is 7.05. The summed E-state index contributed by atoms with van der Waals surface area (Å²) in [6.45, 7) is 6.15. The first kappa shape index (κ1) is 15.8. The minimum atomic E-state index is -0.0942. The zero-order valence-electron chi connectivity index (χ0n) is 11.7. The van der Waals surface area contributed by atoms with Gasteiger partial charge in [0, 0.05) is 22.2 Å². The van der Waals surface area contributed by atoms with Gasteiger partial charge >= 0.3 is 0 Å². The summed E-state index contributed by atoms with van der Waals surface area (Å²) in [5.74, 6) is 1.06. The quantitative estimate of drug-likeness (QED) is 0.839. The zero-order valence-corrected chi connectivity index (χ0v) is 13.3. The largest absolute Gasteiger partial charge is 0.496 e. The second kappa shape index (κ2) is 7.34. The number of methoxy groups -OCH3 is 1. The van der Waals surface area contributed by atoms with E-state index in [0.29, 0.717) is 5.92 Å². The van der Waals surface area contributed by atoms with Crippen LogP contribution in [0.15, 0.2) is 28.7 Å². The first-order chi connectivity index (χ1) is 8.93. The monoisotopic (exact) mass is 325 g/mol. The van der Waals surface area contributed by atoms with Crippen molar-refractivity contribution in [2.24, 2.45) is 5.92 Å². The normalized spacial score (nSPS) is 12.7. The molecule has 0 aliphatic heterocycles. The highest BCUT2D eigenvalue weighted by Crippen LogP contribution is 2.24. The number of hydrogen-bond acceptors (Lipinski definition) is 2. The number of halogens is 1. The van der Waals surface area contributed by atoms with Crippen molar-refractivity contribution in [2.45, 2.75) is 26.8 Å². The number of benzene rings is 1. The lowest BCUT2D eigenvalue weighted by Crippen LogP contribution is -2.34. The SMILES string of the molecule is COc1ccc(Br)cc1/C=C/C(=O)NC(C)C(C)C. The van der Waals surface area contributed by atoms with Crippen molar-refractivity contribution in [2.75, 3.05) is 7.11 Å². The van der Waals surface area contributed by atoms with Gasteiger partial charge < -0.3 is 10.1 Å². The molecule has 104 valence electrons. The van der Waals surface area contributed by atoms with E-state index in [2.05, 4.69) is 35.1 Å². The van der Waals surface area contributed by atoms with E-state index in [4.69, 9.17) is 4.74 Å². The minimum Gasteiger partial charge on any atom is -0.496 e. The molecule has 0 aliphatic rings. The molecule has 1 aromatic carbocycles. The molecule has 4 heteroatoms. The van der Waals surface area contributed by atoms with Crippen LogP contribution in [-0.4, -0.2) is 19.1 Å². The highest BCUT2D eigenvalue weighted by Gasteiger charge is 2.08. The number of carbonyl (C=O) groups excluding carboxylic acids is 1. The third-order valence-corrected chi connectivity index (χ3v) is 3.47. The van der Waals surface area contributed by atoms with Crippen LogP contribution in [0.4, 0.5) is 0 Å². The molecule has 0 bridgehead atoms. The fourth-order valence-electron chi connectivity index (χ4n) is 1.44. The predicted molar refractivity (Wildman–Crippen MR) is 82.2 cm³/mol. The maximum atomic E-state index is 11.8. The molecule has 0 saturated heterocycles. The lowest BCUT2D eigenvalue weighted by atomic mass is 10.1. The topological polar surface area (TPSA) is 38.3 Å². The fourth-order valence-corrected chi connectivity index (χ4v) is 1.82. The highest BCUT2D eigenvalue weighted by atomic mass is 79.9. The fraction of sp³-hybridized carbons (Fsp3) is 0.400. The summed E-state index contributed by atoms with van der Waals surface area (Å²) in [6.07, 6.45) is 3.29. The molecule has 0 aromatic heterocycles. The van der Waals surface area contributed by atoms with Gasteiger partial charge in [-0.15, -0.1) is 0 Å². The molecule has 0 fully saturated rings. The molecular weight excluding hydrogens is 306 g/mol. The molecule has 1 rings (SSSR count). The molecule has 19 heavy (non-hydrogen) atoms. The average molecular weight is 326 g/mol. The van der Waals surface area contributed by atoms with E-state index in [-0.39, 0.29) is 11.9 Å². The second-order valence-corrected chi connectivity index (χ2v) is 5.68. The first-order valence-electron chi connectivity index (χ1n) is 6.26. The van der Waals surface area contributed by atoms with Crippen molar-refractivity contribution < 1.29 is 9.53 Å². The number of ether oxygens (including phenoxy) is 1. The molecule has 0 spiro atoms. The van der Waals surface area contributed by atoms with E-state index < -0.39 is 0 Å². The van der Waals surface area contributed by atoms with Crippen LogP contribution >= 0.6 is 15.9 Å². The number of hydrogen-bond donors (Lipinski definition) is 1. The Morgan fingerprint density at radius 1 is 1.37 bits per heavy atom. The van der Waals surface area contributed by atoms with Crippen molar-refractivity contribution in [3.05, 3.63) is 34.3 Å². The van der Waals surface area contributed by atoms with Crippen molar-refractivity contribution in [3.8, 4) is 5.75 Å². The predicted octanol–water partition coefficient (Wildman–Crippen LogP) is 3.63. The van der Waals surface area contributed by atoms with Crippen LogP contribution in [0.3, 0.4) is 0 Å². The summed E-state index contributed by atoms with van der Waals surface area (Å²) >= 11 is 3.40. The van der Waals surface area contributed by atoms with E-state index in [1.807, 2.05) is 25.1 Å². The molecule has 0 radical (unpaired) electrons. The van der Waals surface area contributed by atoms with Crippen LogP contribution in [0.25, 0.3) is 6.08 Å². The molecule has 0 aliphatic carbocycles. The van der Waals surface area contributed by atoms with Gasteiger partial charge in [-0.05, 0) is 37.1 Å². The minimum absolute atomic E-state index is 0.0942. The van der Waals surface area contributed by atoms with E-state index in [0.717, 1.165) is 15.8 Å². The summed E-state index contributed by atoms with van der Waals surface area (Å²) in [4.78, 5) is 11.8. The number of rotatable bonds is 5. The van der Waals surface area contributed by atoms with Crippen LogP contribution < -0.4 is 10.1 Å². The van der Waals surface area contributed by atoms with Crippen LogP contribution in [0.1, 0.15) is 26.3 Å². The van der Waals surface area contributed by atoms with Gasteiger partial charge in [0.1, 0.15) is 5.75 Å². The molecule has 1 aromatic rings. The summed E-state index contributed by atoms with van der Waals surface area (Å²) < 4.78 is 6.20.